The topological polar surface area (TPSA) is 75.8 Å². The number of nitrogens with zero attached hydrogens (tertiary/aromatic N) is 4. The summed E-state index contributed by atoms with van der Waals surface area (Å²) in [6.07, 6.45) is 1.54. The second kappa shape index (κ2) is 9.02. The van der Waals surface area contributed by atoms with Crippen LogP contribution in [0.2, 0.25) is 0 Å². The number of fused-ring (bicyclic) bond motifs is 1. The van der Waals surface area contributed by atoms with Crippen LogP contribution in [0.25, 0.3) is 10.9 Å². The van der Waals surface area contributed by atoms with Crippen molar-refractivity contribution in [2.75, 3.05) is 26.2 Å². The van der Waals surface area contributed by atoms with E-state index in [0.29, 0.717) is 6.61 Å². The monoisotopic (exact) mass is 316 g/mol. The Morgan fingerprint density at radius 2 is 2.00 bits per heavy atom. The highest BCUT2D eigenvalue weighted by molar-refractivity contribution is 5.85. The summed E-state index contributed by atoms with van der Waals surface area (Å²) in [6, 6.07) is 8.24. The van der Waals surface area contributed by atoms with Crippen molar-refractivity contribution in [1.29, 1.82) is 0 Å². The predicted octanol–water partition coefficient (Wildman–Crippen LogP) is 1.44. The van der Waals surface area contributed by atoms with E-state index in [-0.39, 0.29) is 0 Å². The lowest BCUT2D eigenvalue weighted by molar-refractivity contribution is 0.0871. The Morgan fingerprint density at radius 3 is 2.83 bits per heavy atom. The van der Waals surface area contributed by atoms with Crippen molar-refractivity contribution in [3.05, 3.63) is 30.0 Å². The van der Waals surface area contributed by atoms with Gasteiger partial charge in [-0.05, 0) is 19.9 Å². The van der Waals surface area contributed by atoms with E-state index in [1.54, 1.807) is 6.34 Å². The van der Waals surface area contributed by atoms with Crippen LogP contribution < -0.4 is 10.8 Å². The fraction of sp³-hybridized carbons (Fsp3) is 0.438. The average Bonchev–Trinajstić information content (AvgIpc) is 2.81. The van der Waals surface area contributed by atoms with Crippen LogP contribution in [-0.2, 0) is 11.9 Å². The number of benzene rings is 1. The van der Waals surface area contributed by atoms with E-state index in [4.69, 9.17) is 4.84 Å². The fourth-order valence-electron chi connectivity index (χ4n) is 2.15. The zero-order valence-electron chi connectivity index (χ0n) is 13.9. The first-order valence-electron chi connectivity index (χ1n) is 7.68. The molecule has 0 saturated heterocycles. The van der Waals surface area contributed by atoms with E-state index in [1.165, 1.54) is 10.9 Å². The summed E-state index contributed by atoms with van der Waals surface area (Å²) in [5.41, 5.74) is 5.00. The molecule has 0 unspecified atom stereocenters. The number of hydrogen-bond donors (Lipinski definition) is 2. The number of aliphatic imine (C=N–C) groups is 2. The van der Waals surface area contributed by atoms with Crippen molar-refractivity contribution in [1.82, 2.24) is 20.6 Å². The molecule has 0 spiro atoms. The van der Waals surface area contributed by atoms with E-state index in [9.17, 15) is 0 Å². The van der Waals surface area contributed by atoms with E-state index in [2.05, 4.69) is 38.0 Å². The molecule has 7 nitrogen and oxygen atoms in total. The number of hydroxylamine groups is 1. The molecule has 3 rings (SSSR count). The maximum absolute atomic E-state index is 5.07. The van der Waals surface area contributed by atoms with Gasteiger partial charge in [0.25, 0.3) is 0 Å². The molecule has 0 radical (unpaired) electrons. The van der Waals surface area contributed by atoms with Gasteiger partial charge in [-0.25, -0.2) is 4.99 Å². The van der Waals surface area contributed by atoms with Gasteiger partial charge in [0.15, 0.2) is 0 Å². The predicted molar refractivity (Wildman–Crippen MR) is 93.9 cm³/mol. The van der Waals surface area contributed by atoms with Gasteiger partial charge in [0, 0.05) is 25.5 Å². The third kappa shape index (κ3) is 5.46. The number of hydrogen-bond acceptors (Lipinski definition) is 6. The molecule has 7 heteroatoms. The van der Waals surface area contributed by atoms with Gasteiger partial charge in [0.2, 0.25) is 0 Å². The summed E-state index contributed by atoms with van der Waals surface area (Å²) in [6.45, 7) is 6.95. The molecule has 0 amide bonds. The highest BCUT2D eigenvalue weighted by Crippen LogP contribution is 2.15. The lowest BCUT2D eigenvalue weighted by Crippen LogP contribution is -2.27. The van der Waals surface area contributed by atoms with E-state index < -0.39 is 0 Å². The number of aromatic nitrogens is 2. The molecule has 0 aliphatic carbocycles. The summed E-state index contributed by atoms with van der Waals surface area (Å²) < 4.78 is 1.91. The first kappa shape index (κ1) is 17.1. The lowest BCUT2D eigenvalue weighted by atomic mass is 10.2. The number of para-hydroxylation sites is 1. The number of amidine groups is 1. The van der Waals surface area contributed by atoms with E-state index >= 15 is 0 Å². The summed E-state index contributed by atoms with van der Waals surface area (Å²) in [4.78, 5) is 13.1. The largest absolute Gasteiger partial charge is 0.312 e. The van der Waals surface area contributed by atoms with Gasteiger partial charge in [-0.3, -0.25) is 20.0 Å². The van der Waals surface area contributed by atoms with Gasteiger partial charge in [0.1, 0.15) is 12.2 Å². The molecule has 0 atom stereocenters. The first-order valence-corrected chi connectivity index (χ1v) is 7.68. The molecule has 2 N–H and O–H groups in total. The zero-order chi connectivity index (χ0) is 16.5. The van der Waals surface area contributed by atoms with Gasteiger partial charge >= 0.3 is 0 Å². The molecule has 124 valence electrons. The SMILES string of the molecule is CC1=NC=NCCNCCON1.Cc1nn(C)c2ccccc12. The summed E-state index contributed by atoms with van der Waals surface area (Å²) in [7, 11) is 1.97. The number of nitrogens with one attached hydrogen (secondary N) is 2. The van der Waals surface area contributed by atoms with Crippen LogP contribution in [0.1, 0.15) is 12.6 Å². The van der Waals surface area contributed by atoms with Crippen molar-refractivity contribution in [2.45, 2.75) is 13.8 Å². The second-order valence-electron chi connectivity index (χ2n) is 5.16. The Labute approximate surface area is 136 Å². The van der Waals surface area contributed by atoms with Crippen molar-refractivity contribution in [2.24, 2.45) is 17.0 Å². The van der Waals surface area contributed by atoms with Crippen LogP contribution in [0.3, 0.4) is 0 Å². The maximum Gasteiger partial charge on any atom is 0.124 e. The molecule has 1 aromatic carbocycles. The minimum Gasteiger partial charge on any atom is -0.312 e. The van der Waals surface area contributed by atoms with E-state index in [0.717, 1.165) is 31.2 Å². The van der Waals surface area contributed by atoms with Gasteiger partial charge in [0.05, 0.1) is 24.4 Å². The van der Waals surface area contributed by atoms with E-state index in [1.807, 2.05) is 37.7 Å². The lowest BCUT2D eigenvalue weighted by Gasteiger charge is -2.04. The molecule has 1 aliphatic rings. The summed E-state index contributed by atoms with van der Waals surface area (Å²) >= 11 is 0. The Balaban J connectivity index is 0.000000167. The average molecular weight is 316 g/mol. The van der Waals surface area contributed by atoms with Gasteiger partial charge in [-0.15, -0.1) is 0 Å². The zero-order valence-corrected chi connectivity index (χ0v) is 13.9. The molecular weight excluding hydrogens is 292 g/mol. The Bertz CT molecular complexity index is 640. The van der Waals surface area contributed by atoms with Crippen LogP contribution >= 0.6 is 0 Å². The van der Waals surface area contributed by atoms with Gasteiger partial charge in [-0.1, -0.05) is 18.2 Å². The molecule has 2 aromatic rings. The molecule has 2 heterocycles. The molecule has 0 saturated carbocycles. The quantitative estimate of drug-likeness (QED) is 0.771. The Hall–Kier alpha value is -2.25. The van der Waals surface area contributed by atoms with Crippen molar-refractivity contribution in [3.63, 3.8) is 0 Å². The van der Waals surface area contributed by atoms with Crippen molar-refractivity contribution in [3.8, 4) is 0 Å². The fourth-order valence-corrected chi connectivity index (χ4v) is 2.15. The summed E-state index contributed by atoms with van der Waals surface area (Å²) in [5.74, 6) is 0.723. The second-order valence-corrected chi connectivity index (χ2v) is 5.16. The minimum absolute atomic E-state index is 0.632. The van der Waals surface area contributed by atoms with Crippen molar-refractivity contribution >= 4 is 23.1 Å². The third-order valence-electron chi connectivity index (χ3n) is 3.29. The molecule has 23 heavy (non-hydrogen) atoms. The summed E-state index contributed by atoms with van der Waals surface area (Å²) in [5, 5.41) is 8.72. The number of rotatable bonds is 0. The van der Waals surface area contributed by atoms with Crippen LogP contribution in [0.4, 0.5) is 0 Å². The standard InChI is InChI=1S/C9H10N2.C7H14N4O/c1-7-8-5-3-4-6-9(8)11(2)10-7;1-7-10-6-9-3-2-8-4-5-12-11-7/h3-6H,1-2H3;6,8H,2-5H2,1H3,(H,9,10,11). The molecule has 1 aromatic heterocycles. The van der Waals surface area contributed by atoms with Gasteiger partial charge < -0.3 is 5.32 Å². The van der Waals surface area contributed by atoms with Crippen molar-refractivity contribution < 1.29 is 4.84 Å². The van der Waals surface area contributed by atoms with Crippen LogP contribution in [0, 0.1) is 6.92 Å². The van der Waals surface area contributed by atoms with Crippen LogP contribution in [0.15, 0.2) is 34.3 Å². The highest BCUT2D eigenvalue weighted by Gasteiger charge is 2.00. The third-order valence-corrected chi connectivity index (χ3v) is 3.29. The smallest absolute Gasteiger partial charge is 0.124 e. The molecule has 1 aliphatic heterocycles. The normalized spacial score (nSPS) is 15.9. The van der Waals surface area contributed by atoms with Crippen LogP contribution in [0.5, 0.6) is 0 Å². The highest BCUT2D eigenvalue weighted by atomic mass is 16.6. The van der Waals surface area contributed by atoms with Gasteiger partial charge in [-0.2, -0.15) is 5.10 Å². The van der Waals surface area contributed by atoms with Crippen LogP contribution in [-0.4, -0.2) is 48.2 Å². The Morgan fingerprint density at radius 1 is 1.17 bits per heavy atom. The first-order chi connectivity index (χ1) is 11.2. The minimum atomic E-state index is 0.632. The molecule has 0 fully saturated rings. The molecular formula is C16H24N6O. The molecule has 0 bridgehead atoms. The Kier molecular flexibility index (Phi) is 6.71. The maximum atomic E-state index is 5.07. The number of aryl methyl sites for hydroxylation is 2.